The lowest BCUT2D eigenvalue weighted by atomic mass is 10.1. The SMILES string of the molecule is COc1cc(Br)cc(C)c1NC(=O)c1cncc(O)c1. The maximum atomic E-state index is 12.1. The Kier molecular flexibility index (Phi) is 4.24. The van der Waals surface area contributed by atoms with Crippen LogP contribution in [0.5, 0.6) is 11.5 Å². The Balaban J connectivity index is 2.32. The van der Waals surface area contributed by atoms with E-state index in [1.807, 2.05) is 13.0 Å². The summed E-state index contributed by atoms with van der Waals surface area (Å²) in [5, 5.41) is 12.1. The first-order valence-electron chi connectivity index (χ1n) is 5.80. The number of benzene rings is 1. The fraction of sp³-hybridized carbons (Fsp3) is 0.143. The van der Waals surface area contributed by atoms with E-state index in [9.17, 15) is 9.90 Å². The van der Waals surface area contributed by atoms with E-state index in [1.165, 1.54) is 25.6 Å². The zero-order chi connectivity index (χ0) is 14.7. The van der Waals surface area contributed by atoms with Crippen molar-refractivity contribution >= 4 is 27.5 Å². The molecule has 0 spiro atoms. The molecule has 0 bridgehead atoms. The fourth-order valence-corrected chi connectivity index (χ4v) is 2.32. The van der Waals surface area contributed by atoms with Crippen LogP contribution >= 0.6 is 15.9 Å². The number of aromatic nitrogens is 1. The molecule has 0 saturated carbocycles. The van der Waals surface area contributed by atoms with E-state index in [0.29, 0.717) is 11.4 Å². The first kappa shape index (κ1) is 14.3. The third-order valence-corrected chi connectivity index (χ3v) is 3.17. The average Bonchev–Trinajstić information content (AvgIpc) is 2.41. The number of rotatable bonds is 3. The third kappa shape index (κ3) is 3.08. The van der Waals surface area contributed by atoms with E-state index in [1.54, 1.807) is 6.07 Å². The zero-order valence-electron chi connectivity index (χ0n) is 11.0. The molecule has 0 radical (unpaired) electrons. The standard InChI is InChI=1S/C14H13BrN2O3/c1-8-3-10(15)5-12(20-2)13(8)17-14(19)9-4-11(18)7-16-6-9/h3-7,18H,1-2H3,(H,17,19). The molecular weight excluding hydrogens is 324 g/mol. The molecule has 0 aliphatic heterocycles. The molecule has 6 heteroatoms. The summed E-state index contributed by atoms with van der Waals surface area (Å²) in [6, 6.07) is 4.99. The van der Waals surface area contributed by atoms with Gasteiger partial charge < -0.3 is 15.2 Å². The Morgan fingerprint density at radius 1 is 1.35 bits per heavy atom. The van der Waals surface area contributed by atoms with Crippen molar-refractivity contribution in [2.24, 2.45) is 0 Å². The van der Waals surface area contributed by atoms with Gasteiger partial charge in [0.05, 0.1) is 24.6 Å². The number of nitrogens with zero attached hydrogens (tertiary/aromatic N) is 1. The van der Waals surface area contributed by atoms with Crippen LogP contribution in [0.3, 0.4) is 0 Å². The van der Waals surface area contributed by atoms with E-state index in [4.69, 9.17) is 4.74 Å². The first-order chi connectivity index (χ1) is 9.51. The van der Waals surface area contributed by atoms with E-state index >= 15 is 0 Å². The minimum atomic E-state index is -0.364. The van der Waals surface area contributed by atoms with Crippen LogP contribution in [0, 0.1) is 6.92 Å². The summed E-state index contributed by atoms with van der Waals surface area (Å²) in [7, 11) is 1.53. The molecule has 0 unspecified atom stereocenters. The highest BCUT2D eigenvalue weighted by Crippen LogP contribution is 2.32. The second-order valence-electron chi connectivity index (χ2n) is 4.19. The smallest absolute Gasteiger partial charge is 0.257 e. The van der Waals surface area contributed by atoms with Crippen molar-refractivity contribution in [3.63, 3.8) is 0 Å². The van der Waals surface area contributed by atoms with Gasteiger partial charge in [0, 0.05) is 10.7 Å². The van der Waals surface area contributed by atoms with E-state index in [2.05, 4.69) is 26.2 Å². The summed E-state index contributed by atoms with van der Waals surface area (Å²) in [5.74, 6) is 0.132. The molecule has 2 N–H and O–H groups in total. The lowest BCUT2D eigenvalue weighted by Gasteiger charge is -2.13. The minimum Gasteiger partial charge on any atom is -0.506 e. The van der Waals surface area contributed by atoms with Gasteiger partial charge in [0.2, 0.25) is 0 Å². The highest BCUT2D eigenvalue weighted by Gasteiger charge is 2.13. The van der Waals surface area contributed by atoms with Crippen LogP contribution in [-0.2, 0) is 0 Å². The van der Waals surface area contributed by atoms with E-state index in [-0.39, 0.29) is 17.2 Å². The van der Waals surface area contributed by atoms with Crippen molar-refractivity contribution in [2.75, 3.05) is 12.4 Å². The Morgan fingerprint density at radius 3 is 2.75 bits per heavy atom. The van der Waals surface area contributed by atoms with Crippen molar-refractivity contribution in [1.82, 2.24) is 4.98 Å². The van der Waals surface area contributed by atoms with Crippen LogP contribution in [0.1, 0.15) is 15.9 Å². The number of nitrogens with one attached hydrogen (secondary N) is 1. The van der Waals surface area contributed by atoms with Gasteiger partial charge in [0.25, 0.3) is 5.91 Å². The molecule has 1 heterocycles. The summed E-state index contributed by atoms with van der Waals surface area (Å²) in [6.07, 6.45) is 2.65. The number of anilines is 1. The molecular formula is C14H13BrN2O3. The van der Waals surface area contributed by atoms with Crippen LogP contribution < -0.4 is 10.1 Å². The molecule has 20 heavy (non-hydrogen) atoms. The number of aryl methyl sites for hydroxylation is 1. The predicted molar refractivity (Wildman–Crippen MR) is 79.3 cm³/mol. The molecule has 0 fully saturated rings. The highest BCUT2D eigenvalue weighted by atomic mass is 79.9. The Hall–Kier alpha value is -2.08. The molecule has 5 nitrogen and oxygen atoms in total. The van der Waals surface area contributed by atoms with Gasteiger partial charge in [-0.1, -0.05) is 15.9 Å². The molecule has 0 saturated heterocycles. The van der Waals surface area contributed by atoms with Crippen LogP contribution in [0.2, 0.25) is 0 Å². The van der Waals surface area contributed by atoms with E-state index in [0.717, 1.165) is 10.0 Å². The monoisotopic (exact) mass is 336 g/mol. The number of amides is 1. The normalized spacial score (nSPS) is 10.2. The summed E-state index contributed by atoms with van der Waals surface area (Å²) < 4.78 is 6.12. The second-order valence-corrected chi connectivity index (χ2v) is 5.10. The van der Waals surface area contributed by atoms with Crippen molar-refractivity contribution < 1.29 is 14.6 Å². The number of ether oxygens (including phenoxy) is 1. The van der Waals surface area contributed by atoms with Gasteiger partial charge >= 0.3 is 0 Å². The molecule has 0 aliphatic rings. The maximum absolute atomic E-state index is 12.1. The molecule has 104 valence electrons. The van der Waals surface area contributed by atoms with Gasteiger partial charge in [0.15, 0.2) is 0 Å². The average molecular weight is 337 g/mol. The van der Waals surface area contributed by atoms with Gasteiger partial charge in [-0.3, -0.25) is 9.78 Å². The predicted octanol–water partition coefficient (Wildman–Crippen LogP) is 3.12. The molecule has 2 aromatic rings. The lowest BCUT2D eigenvalue weighted by molar-refractivity contribution is 0.102. The number of methoxy groups -OCH3 is 1. The lowest BCUT2D eigenvalue weighted by Crippen LogP contribution is -2.14. The number of carbonyl (C=O) groups excluding carboxylic acids is 1. The van der Waals surface area contributed by atoms with Gasteiger partial charge in [-0.25, -0.2) is 0 Å². The van der Waals surface area contributed by atoms with Gasteiger partial charge in [-0.15, -0.1) is 0 Å². The van der Waals surface area contributed by atoms with Crippen LogP contribution in [0.15, 0.2) is 35.1 Å². The molecule has 1 aromatic carbocycles. The second kappa shape index (κ2) is 5.92. The van der Waals surface area contributed by atoms with Crippen LogP contribution in [0.4, 0.5) is 5.69 Å². The molecule has 1 aromatic heterocycles. The number of pyridine rings is 1. The molecule has 0 atom stereocenters. The van der Waals surface area contributed by atoms with Crippen LogP contribution in [-0.4, -0.2) is 23.1 Å². The number of hydrogen-bond acceptors (Lipinski definition) is 4. The summed E-state index contributed by atoms with van der Waals surface area (Å²) in [4.78, 5) is 15.9. The van der Waals surface area contributed by atoms with Gasteiger partial charge in [-0.2, -0.15) is 0 Å². The topological polar surface area (TPSA) is 71.5 Å². The summed E-state index contributed by atoms with van der Waals surface area (Å²) >= 11 is 3.37. The Morgan fingerprint density at radius 2 is 2.10 bits per heavy atom. The molecule has 1 amide bonds. The number of halogens is 1. The maximum Gasteiger partial charge on any atom is 0.257 e. The Bertz CT molecular complexity index is 659. The summed E-state index contributed by atoms with van der Waals surface area (Å²) in [5.41, 5.74) is 1.72. The highest BCUT2D eigenvalue weighted by molar-refractivity contribution is 9.10. The largest absolute Gasteiger partial charge is 0.506 e. The quantitative estimate of drug-likeness (QED) is 0.903. The van der Waals surface area contributed by atoms with Crippen molar-refractivity contribution in [3.05, 3.63) is 46.2 Å². The van der Waals surface area contributed by atoms with Crippen molar-refractivity contribution in [2.45, 2.75) is 6.92 Å². The zero-order valence-corrected chi connectivity index (χ0v) is 12.6. The fourth-order valence-electron chi connectivity index (χ4n) is 1.77. The number of aromatic hydroxyl groups is 1. The number of carbonyl (C=O) groups is 1. The minimum absolute atomic E-state index is 0.0582. The van der Waals surface area contributed by atoms with Crippen molar-refractivity contribution in [3.8, 4) is 11.5 Å². The summed E-state index contributed by atoms with van der Waals surface area (Å²) in [6.45, 7) is 1.86. The first-order valence-corrected chi connectivity index (χ1v) is 6.60. The van der Waals surface area contributed by atoms with Crippen LogP contribution in [0.25, 0.3) is 0 Å². The number of hydrogen-bond donors (Lipinski definition) is 2. The Labute approximate surface area is 124 Å². The van der Waals surface area contributed by atoms with E-state index < -0.39 is 0 Å². The van der Waals surface area contributed by atoms with Crippen molar-refractivity contribution in [1.29, 1.82) is 0 Å². The third-order valence-electron chi connectivity index (χ3n) is 2.71. The molecule has 2 rings (SSSR count). The van der Waals surface area contributed by atoms with Gasteiger partial charge in [0.1, 0.15) is 11.5 Å². The molecule has 0 aliphatic carbocycles. The van der Waals surface area contributed by atoms with Gasteiger partial charge in [-0.05, 0) is 30.7 Å².